The Labute approximate surface area is 124 Å². The second kappa shape index (κ2) is 6.54. The highest BCUT2D eigenvalue weighted by Crippen LogP contribution is 2.26. The van der Waals surface area contributed by atoms with Gasteiger partial charge in [-0.05, 0) is 55.2 Å². The molecule has 0 fully saturated rings. The fraction of sp³-hybridized carbons (Fsp3) is 0.385. The molecule has 6 heteroatoms. The maximum atomic E-state index is 13.8. The van der Waals surface area contributed by atoms with E-state index in [0.29, 0.717) is 12.0 Å². The van der Waals surface area contributed by atoms with Crippen molar-refractivity contribution in [3.8, 4) is 0 Å². The first-order valence-corrected chi connectivity index (χ1v) is 7.64. The fourth-order valence-corrected chi connectivity index (χ4v) is 3.23. The second-order valence-corrected chi connectivity index (χ2v) is 5.92. The van der Waals surface area contributed by atoms with E-state index in [0.717, 1.165) is 21.5 Å². The molecule has 0 aliphatic rings. The van der Waals surface area contributed by atoms with Gasteiger partial charge in [0.05, 0.1) is 10.6 Å². The average molecular weight is 344 g/mol. The van der Waals surface area contributed by atoms with Gasteiger partial charge < -0.3 is 5.32 Å². The van der Waals surface area contributed by atoms with Crippen LogP contribution in [-0.4, -0.2) is 16.6 Å². The molecule has 1 aromatic heterocycles. The summed E-state index contributed by atoms with van der Waals surface area (Å²) in [4.78, 5) is 1.09. The van der Waals surface area contributed by atoms with Crippen LogP contribution in [0.1, 0.15) is 29.1 Å². The molecule has 0 saturated carbocycles. The summed E-state index contributed by atoms with van der Waals surface area (Å²) in [6.45, 7) is 2.05. The van der Waals surface area contributed by atoms with Crippen LogP contribution in [0.15, 0.2) is 22.7 Å². The SMILES string of the molecule is CCc1nnsc1C(Cc1cc(Br)ccc1F)NC. The zero-order valence-corrected chi connectivity index (χ0v) is 13.2. The number of hydrogen-bond acceptors (Lipinski definition) is 4. The van der Waals surface area contributed by atoms with Crippen molar-refractivity contribution in [2.24, 2.45) is 0 Å². The molecule has 0 aliphatic carbocycles. The number of aryl methyl sites for hydroxylation is 1. The van der Waals surface area contributed by atoms with Crippen molar-refractivity contribution < 1.29 is 4.39 Å². The van der Waals surface area contributed by atoms with Gasteiger partial charge in [-0.1, -0.05) is 27.3 Å². The largest absolute Gasteiger partial charge is 0.312 e. The Hall–Kier alpha value is -0.850. The van der Waals surface area contributed by atoms with Crippen LogP contribution in [0.25, 0.3) is 0 Å². The van der Waals surface area contributed by atoms with Gasteiger partial charge >= 0.3 is 0 Å². The number of likely N-dealkylation sites (N-methyl/N-ethyl adjacent to an activating group) is 1. The normalized spacial score (nSPS) is 12.6. The van der Waals surface area contributed by atoms with E-state index in [1.165, 1.54) is 17.6 Å². The summed E-state index contributed by atoms with van der Waals surface area (Å²) in [7, 11) is 1.87. The maximum Gasteiger partial charge on any atom is 0.126 e. The minimum Gasteiger partial charge on any atom is -0.312 e. The van der Waals surface area contributed by atoms with Gasteiger partial charge in [-0.2, -0.15) is 0 Å². The molecule has 2 rings (SSSR count). The highest BCUT2D eigenvalue weighted by molar-refractivity contribution is 9.10. The van der Waals surface area contributed by atoms with E-state index < -0.39 is 0 Å². The van der Waals surface area contributed by atoms with Gasteiger partial charge in [-0.15, -0.1) is 5.10 Å². The number of hydrogen-bond donors (Lipinski definition) is 1. The quantitative estimate of drug-likeness (QED) is 0.902. The Kier molecular flexibility index (Phi) is 5.01. The van der Waals surface area contributed by atoms with E-state index in [4.69, 9.17) is 0 Å². The summed E-state index contributed by atoms with van der Waals surface area (Å²) < 4.78 is 18.7. The standard InChI is InChI=1S/C13H15BrFN3S/c1-3-11-13(19-18-17-11)12(16-2)7-8-6-9(14)4-5-10(8)15/h4-6,12,16H,3,7H2,1-2H3. The summed E-state index contributed by atoms with van der Waals surface area (Å²) in [5.41, 5.74) is 1.67. The molecule has 19 heavy (non-hydrogen) atoms. The molecule has 1 heterocycles. The second-order valence-electron chi connectivity index (χ2n) is 4.22. The van der Waals surface area contributed by atoms with Crippen molar-refractivity contribution in [3.05, 3.63) is 44.6 Å². The fourth-order valence-electron chi connectivity index (χ4n) is 1.97. The number of rotatable bonds is 5. The third kappa shape index (κ3) is 3.38. The Balaban J connectivity index is 2.26. The van der Waals surface area contributed by atoms with Gasteiger partial charge in [0, 0.05) is 10.5 Å². The number of benzene rings is 1. The van der Waals surface area contributed by atoms with Gasteiger partial charge in [0.2, 0.25) is 0 Å². The van der Waals surface area contributed by atoms with Crippen molar-refractivity contribution in [3.63, 3.8) is 0 Å². The first-order chi connectivity index (χ1) is 9.15. The monoisotopic (exact) mass is 343 g/mol. The van der Waals surface area contributed by atoms with Crippen molar-refractivity contribution >= 4 is 27.5 Å². The molecule has 0 bridgehead atoms. The summed E-state index contributed by atoms with van der Waals surface area (Å²) in [5.74, 6) is -0.182. The van der Waals surface area contributed by atoms with E-state index >= 15 is 0 Å². The predicted octanol–water partition coefficient (Wildman–Crippen LogP) is 3.51. The van der Waals surface area contributed by atoms with Crippen molar-refractivity contribution in [2.75, 3.05) is 7.05 Å². The lowest BCUT2D eigenvalue weighted by Gasteiger charge is -2.15. The van der Waals surface area contributed by atoms with Crippen LogP contribution in [0.4, 0.5) is 4.39 Å². The molecule has 1 atom stereocenters. The minimum atomic E-state index is -0.182. The highest BCUT2D eigenvalue weighted by Gasteiger charge is 2.19. The smallest absolute Gasteiger partial charge is 0.126 e. The highest BCUT2D eigenvalue weighted by atomic mass is 79.9. The summed E-state index contributed by atoms with van der Waals surface area (Å²) >= 11 is 4.75. The molecule has 0 saturated heterocycles. The molecular weight excluding hydrogens is 329 g/mol. The van der Waals surface area contributed by atoms with Gasteiger partial charge in [0.15, 0.2) is 0 Å². The Bertz CT molecular complexity index is 559. The van der Waals surface area contributed by atoms with E-state index in [9.17, 15) is 4.39 Å². The molecule has 0 amide bonds. The van der Waals surface area contributed by atoms with Gasteiger partial charge in [-0.3, -0.25) is 0 Å². The third-order valence-electron chi connectivity index (χ3n) is 3.02. The first-order valence-electron chi connectivity index (χ1n) is 6.08. The molecule has 2 aromatic rings. The van der Waals surface area contributed by atoms with Crippen molar-refractivity contribution in [1.29, 1.82) is 0 Å². The topological polar surface area (TPSA) is 37.8 Å². The van der Waals surface area contributed by atoms with E-state index in [1.54, 1.807) is 6.07 Å². The molecule has 0 aliphatic heterocycles. The Morgan fingerprint density at radius 1 is 1.47 bits per heavy atom. The predicted molar refractivity (Wildman–Crippen MR) is 78.9 cm³/mol. The van der Waals surface area contributed by atoms with E-state index in [2.05, 4.69) is 30.8 Å². The third-order valence-corrected chi connectivity index (χ3v) is 4.39. The van der Waals surface area contributed by atoms with Crippen LogP contribution in [0.3, 0.4) is 0 Å². The Morgan fingerprint density at radius 2 is 2.26 bits per heavy atom. The summed E-state index contributed by atoms with van der Waals surface area (Å²) in [5, 5.41) is 7.33. The lowest BCUT2D eigenvalue weighted by molar-refractivity contribution is 0.556. The van der Waals surface area contributed by atoms with Crippen LogP contribution < -0.4 is 5.32 Å². The van der Waals surface area contributed by atoms with E-state index in [-0.39, 0.29) is 11.9 Å². The zero-order chi connectivity index (χ0) is 13.8. The summed E-state index contributed by atoms with van der Waals surface area (Å²) in [6, 6.07) is 5.05. The minimum absolute atomic E-state index is 0.0405. The zero-order valence-electron chi connectivity index (χ0n) is 10.8. The van der Waals surface area contributed by atoms with Crippen molar-refractivity contribution in [1.82, 2.24) is 14.9 Å². The van der Waals surface area contributed by atoms with Crippen LogP contribution >= 0.6 is 27.5 Å². The molecule has 1 aromatic carbocycles. The maximum absolute atomic E-state index is 13.8. The molecule has 1 unspecified atom stereocenters. The van der Waals surface area contributed by atoms with Gasteiger partial charge in [0.25, 0.3) is 0 Å². The molecule has 0 radical (unpaired) electrons. The lowest BCUT2D eigenvalue weighted by atomic mass is 10.0. The molecule has 0 spiro atoms. The lowest BCUT2D eigenvalue weighted by Crippen LogP contribution is -2.19. The van der Waals surface area contributed by atoms with E-state index in [1.807, 2.05) is 20.0 Å². The number of aromatic nitrogens is 2. The van der Waals surface area contributed by atoms with Crippen LogP contribution in [0.2, 0.25) is 0 Å². The average Bonchev–Trinajstić information content (AvgIpc) is 2.88. The van der Waals surface area contributed by atoms with Gasteiger partial charge in [0.1, 0.15) is 5.82 Å². The molecular formula is C13H15BrFN3S. The first kappa shape index (κ1) is 14.6. The number of nitrogens with one attached hydrogen (secondary N) is 1. The van der Waals surface area contributed by atoms with Crippen LogP contribution in [0, 0.1) is 5.82 Å². The molecule has 1 N–H and O–H groups in total. The number of halogens is 2. The van der Waals surface area contributed by atoms with Crippen molar-refractivity contribution in [2.45, 2.75) is 25.8 Å². The summed E-state index contributed by atoms with van der Waals surface area (Å²) in [6.07, 6.45) is 1.42. The molecule has 3 nitrogen and oxygen atoms in total. The van der Waals surface area contributed by atoms with Crippen LogP contribution in [0.5, 0.6) is 0 Å². The van der Waals surface area contributed by atoms with Gasteiger partial charge in [-0.25, -0.2) is 4.39 Å². The Morgan fingerprint density at radius 3 is 2.95 bits per heavy atom. The number of nitrogens with zero attached hydrogens (tertiary/aromatic N) is 2. The molecule has 102 valence electrons. The van der Waals surface area contributed by atoms with Crippen LogP contribution in [-0.2, 0) is 12.8 Å².